The lowest BCUT2D eigenvalue weighted by Crippen LogP contribution is -2.33. The molecule has 0 saturated heterocycles. The Bertz CT molecular complexity index is 373. The van der Waals surface area contributed by atoms with Crippen LogP contribution in [-0.2, 0) is 6.54 Å². The summed E-state index contributed by atoms with van der Waals surface area (Å²) in [6.07, 6.45) is 1.11. The molecule has 1 rings (SSSR count). The van der Waals surface area contributed by atoms with Gasteiger partial charge in [0.15, 0.2) is 5.13 Å². The van der Waals surface area contributed by atoms with Crippen molar-refractivity contribution in [1.29, 1.82) is 0 Å². The van der Waals surface area contributed by atoms with E-state index in [-0.39, 0.29) is 0 Å². The van der Waals surface area contributed by atoms with Crippen LogP contribution < -0.4 is 10.6 Å². The van der Waals surface area contributed by atoms with E-state index in [9.17, 15) is 0 Å². The van der Waals surface area contributed by atoms with Gasteiger partial charge in [-0.05, 0) is 25.2 Å². The van der Waals surface area contributed by atoms with Crippen molar-refractivity contribution >= 4 is 16.5 Å². The second-order valence-corrected chi connectivity index (χ2v) is 6.48. The first-order chi connectivity index (χ1) is 8.42. The fourth-order valence-corrected chi connectivity index (χ4v) is 2.96. The van der Waals surface area contributed by atoms with Crippen molar-refractivity contribution in [3.8, 4) is 0 Å². The zero-order chi connectivity index (χ0) is 13.9. The van der Waals surface area contributed by atoms with Gasteiger partial charge in [-0.2, -0.15) is 0 Å². The molecule has 0 aliphatic carbocycles. The van der Waals surface area contributed by atoms with Gasteiger partial charge in [-0.1, -0.05) is 27.7 Å². The monoisotopic (exact) mass is 269 g/mol. The van der Waals surface area contributed by atoms with E-state index < -0.39 is 0 Å². The van der Waals surface area contributed by atoms with Gasteiger partial charge in [0.2, 0.25) is 0 Å². The first-order valence-electron chi connectivity index (χ1n) is 6.84. The van der Waals surface area contributed by atoms with Crippen LogP contribution in [0.5, 0.6) is 0 Å². The van der Waals surface area contributed by atoms with Gasteiger partial charge >= 0.3 is 0 Å². The number of aromatic nitrogens is 1. The summed E-state index contributed by atoms with van der Waals surface area (Å²) in [4.78, 5) is 8.34. The first kappa shape index (κ1) is 15.4. The summed E-state index contributed by atoms with van der Waals surface area (Å²) in [5.74, 6) is 1.11. The lowest BCUT2D eigenvalue weighted by atomic mass is 10.0. The van der Waals surface area contributed by atoms with Gasteiger partial charge in [0, 0.05) is 24.5 Å². The van der Waals surface area contributed by atoms with E-state index in [1.807, 2.05) is 0 Å². The third kappa shape index (κ3) is 3.23. The van der Waals surface area contributed by atoms with Gasteiger partial charge in [-0.3, -0.25) is 0 Å². The molecular weight excluding hydrogens is 242 g/mol. The normalized spacial score (nSPS) is 14.9. The van der Waals surface area contributed by atoms with Crippen LogP contribution >= 0.6 is 11.3 Å². The molecule has 0 aromatic carbocycles. The molecule has 4 heteroatoms. The molecular formula is C14H27N3S. The minimum Gasteiger partial charge on any atom is -0.348 e. The number of anilines is 1. The Morgan fingerprint density at radius 3 is 2.33 bits per heavy atom. The lowest BCUT2D eigenvalue weighted by molar-refractivity contribution is 0.504. The van der Waals surface area contributed by atoms with Crippen LogP contribution in [0.25, 0.3) is 0 Å². The fourth-order valence-electron chi connectivity index (χ4n) is 1.85. The standard InChI is InChI=1S/C14H27N3S/c1-7-10(4)13-12(8-15)18-14(16-13)17(6)11(5)9(2)3/h9-11H,7-8,15H2,1-6H3. The van der Waals surface area contributed by atoms with Gasteiger partial charge in [0.25, 0.3) is 0 Å². The molecule has 0 fully saturated rings. The number of rotatable bonds is 6. The van der Waals surface area contributed by atoms with Gasteiger partial charge in [-0.15, -0.1) is 11.3 Å². The smallest absolute Gasteiger partial charge is 0.185 e. The molecule has 0 aliphatic rings. The Hall–Kier alpha value is -0.610. The third-order valence-electron chi connectivity index (χ3n) is 3.86. The predicted molar refractivity (Wildman–Crippen MR) is 81.4 cm³/mol. The summed E-state index contributed by atoms with van der Waals surface area (Å²) in [5, 5.41) is 1.10. The van der Waals surface area contributed by atoms with Crippen LogP contribution in [0.3, 0.4) is 0 Å². The summed E-state index contributed by atoms with van der Waals surface area (Å²) >= 11 is 1.75. The molecule has 1 aromatic rings. The molecule has 18 heavy (non-hydrogen) atoms. The average Bonchev–Trinajstić information content (AvgIpc) is 2.79. The van der Waals surface area contributed by atoms with E-state index >= 15 is 0 Å². The Kier molecular flexibility index (Phi) is 5.60. The maximum absolute atomic E-state index is 5.84. The highest BCUT2D eigenvalue weighted by Gasteiger charge is 2.20. The number of hydrogen-bond donors (Lipinski definition) is 1. The van der Waals surface area contributed by atoms with E-state index in [2.05, 4.69) is 46.6 Å². The van der Waals surface area contributed by atoms with Crippen LogP contribution in [0.2, 0.25) is 0 Å². The zero-order valence-corrected chi connectivity index (χ0v) is 13.3. The minimum atomic E-state index is 0.492. The second-order valence-electron chi connectivity index (χ2n) is 5.41. The van der Waals surface area contributed by atoms with E-state index in [4.69, 9.17) is 10.7 Å². The highest BCUT2D eigenvalue weighted by Crippen LogP contribution is 2.32. The van der Waals surface area contributed by atoms with Crippen molar-refractivity contribution in [2.75, 3.05) is 11.9 Å². The van der Waals surface area contributed by atoms with Crippen LogP contribution in [-0.4, -0.2) is 18.1 Å². The highest BCUT2D eigenvalue weighted by molar-refractivity contribution is 7.15. The van der Waals surface area contributed by atoms with E-state index in [1.54, 1.807) is 11.3 Å². The highest BCUT2D eigenvalue weighted by atomic mass is 32.1. The summed E-state index contributed by atoms with van der Waals surface area (Å²) in [7, 11) is 2.13. The van der Waals surface area contributed by atoms with Crippen LogP contribution in [0, 0.1) is 5.92 Å². The lowest BCUT2D eigenvalue weighted by Gasteiger charge is -2.27. The number of nitrogens with zero attached hydrogens (tertiary/aromatic N) is 2. The fraction of sp³-hybridized carbons (Fsp3) is 0.786. The summed E-state index contributed by atoms with van der Waals surface area (Å²) in [5.41, 5.74) is 7.04. The largest absolute Gasteiger partial charge is 0.348 e. The van der Waals surface area contributed by atoms with Crippen LogP contribution in [0.1, 0.15) is 57.5 Å². The molecule has 2 unspecified atom stereocenters. The van der Waals surface area contributed by atoms with E-state index in [1.165, 1.54) is 10.6 Å². The van der Waals surface area contributed by atoms with Crippen molar-refractivity contribution in [3.63, 3.8) is 0 Å². The zero-order valence-electron chi connectivity index (χ0n) is 12.5. The Morgan fingerprint density at radius 1 is 1.28 bits per heavy atom. The van der Waals surface area contributed by atoms with E-state index in [0.29, 0.717) is 24.4 Å². The quantitative estimate of drug-likeness (QED) is 0.858. The van der Waals surface area contributed by atoms with Crippen molar-refractivity contribution in [2.24, 2.45) is 11.7 Å². The molecule has 0 aliphatic heterocycles. The predicted octanol–water partition coefficient (Wildman–Crippen LogP) is 3.60. The molecule has 3 nitrogen and oxygen atoms in total. The number of thiazole rings is 1. The second kappa shape index (κ2) is 6.53. The molecule has 0 spiro atoms. The molecule has 0 amide bonds. The molecule has 1 aromatic heterocycles. The van der Waals surface area contributed by atoms with Gasteiger partial charge in [0.1, 0.15) is 0 Å². The molecule has 0 bridgehead atoms. The van der Waals surface area contributed by atoms with Crippen molar-refractivity contribution in [3.05, 3.63) is 10.6 Å². The van der Waals surface area contributed by atoms with Crippen LogP contribution in [0.4, 0.5) is 5.13 Å². The number of hydrogen-bond acceptors (Lipinski definition) is 4. The Morgan fingerprint density at radius 2 is 1.89 bits per heavy atom. The third-order valence-corrected chi connectivity index (χ3v) is 5.04. The molecule has 0 saturated carbocycles. The van der Waals surface area contributed by atoms with E-state index in [0.717, 1.165) is 11.6 Å². The molecule has 104 valence electrons. The molecule has 2 atom stereocenters. The summed E-state index contributed by atoms with van der Waals surface area (Å²) in [6.45, 7) is 11.8. The van der Waals surface area contributed by atoms with Crippen molar-refractivity contribution < 1.29 is 0 Å². The molecule has 2 N–H and O–H groups in total. The Balaban J connectivity index is 3.01. The topological polar surface area (TPSA) is 42.2 Å². The summed E-state index contributed by atoms with van der Waals surface area (Å²) < 4.78 is 0. The average molecular weight is 269 g/mol. The maximum Gasteiger partial charge on any atom is 0.185 e. The van der Waals surface area contributed by atoms with Crippen LogP contribution in [0.15, 0.2) is 0 Å². The van der Waals surface area contributed by atoms with Gasteiger partial charge in [-0.25, -0.2) is 4.98 Å². The van der Waals surface area contributed by atoms with Gasteiger partial charge in [0.05, 0.1) is 5.69 Å². The Labute approximate surface area is 115 Å². The maximum atomic E-state index is 5.84. The SMILES string of the molecule is CCC(C)c1nc(N(C)C(C)C(C)C)sc1CN. The van der Waals surface area contributed by atoms with Crippen molar-refractivity contribution in [2.45, 2.75) is 59.5 Å². The number of nitrogens with two attached hydrogens (primary N) is 1. The molecule has 1 heterocycles. The van der Waals surface area contributed by atoms with Crippen molar-refractivity contribution in [1.82, 2.24) is 4.98 Å². The first-order valence-corrected chi connectivity index (χ1v) is 7.66. The van der Waals surface area contributed by atoms with Gasteiger partial charge < -0.3 is 10.6 Å². The summed E-state index contributed by atoms with van der Waals surface area (Å²) in [6, 6.07) is 0.492. The molecule has 0 radical (unpaired) electrons. The minimum absolute atomic E-state index is 0.492.